The third-order valence-electron chi connectivity index (χ3n) is 3.15. The number of hydrogen-bond acceptors (Lipinski definition) is 4. The molecule has 3 nitrogen and oxygen atoms in total. The van der Waals surface area contributed by atoms with E-state index in [9.17, 15) is 0 Å². The van der Waals surface area contributed by atoms with Gasteiger partial charge in [-0.15, -0.1) is 0 Å². The minimum absolute atomic E-state index is 0.111. The first-order valence-electron chi connectivity index (χ1n) is 5.67. The van der Waals surface area contributed by atoms with Gasteiger partial charge in [0.05, 0.1) is 12.1 Å². The number of likely N-dealkylation sites (N-methyl/N-ethyl adjacent to an activating group) is 1. The van der Waals surface area contributed by atoms with Crippen LogP contribution in [0, 0.1) is 0 Å². The standard InChI is InChI=1S/C11H24N2OS/c1-4-10(7-15-3)13(2)8-11(12)5-6-14-9-11/h10H,4-9,12H2,1-3H3. The average Bonchev–Trinajstić information content (AvgIpc) is 2.60. The minimum atomic E-state index is -0.111. The highest BCUT2D eigenvalue weighted by molar-refractivity contribution is 7.98. The van der Waals surface area contributed by atoms with E-state index in [1.165, 1.54) is 12.2 Å². The third kappa shape index (κ3) is 3.94. The molecule has 4 heteroatoms. The zero-order chi connectivity index (χ0) is 11.3. The third-order valence-corrected chi connectivity index (χ3v) is 3.87. The van der Waals surface area contributed by atoms with Gasteiger partial charge >= 0.3 is 0 Å². The van der Waals surface area contributed by atoms with Crippen molar-refractivity contribution in [2.75, 3.05) is 38.8 Å². The van der Waals surface area contributed by atoms with Crippen molar-refractivity contribution in [3.05, 3.63) is 0 Å². The van der Waals surface area contributed by atoms with Crippen LogP contribution in [-0.2, 0) is 4.74 Å². The summed E-state index contributed by atoms with van der Waals surface area (Å²) in [6.07, 6.45) is 4.34. The van der Waals surface area contributed by atoms with Gasteiger partial charge in [-0.25, -0.2) is 0 Å². The Hall–Kier alpha value is 0.230. The van der Waals surface area contributed by atoms with E-state index in [1.54, 1.807) is 0 Å². The monoisotopic (exact) mass is 232 g/mol. The summed E-state index contributed by atoms with van der Waals surface area (Å²) in [5.41, 5.74) is 6.16. The predicted octanol–water partition coefficient (Wildman–Crippen LogP) is 1.18. The van der Waals surface area contributed by atoms with Crippen molar-refractivity contribution in [1.29, 1.82) is 0 Å². The van der Waals surface area contributed by atoms with Gasteiger partial charge in [0.1, 0.15) is 0 Å². The van der Waals surface area contributed by atoms with Crippen LogP contribution in [0.3, 0.4) is 0 Å². The first-order valence-corrected chi connectivity index (χ1v) is 7.06. The molecule has 2 atom stereocenters. The van der Waals surface area contributed by atoms with Crippen LogP contribution in [0.5, 0.6) is 0 Å². The van der Waals surface area contributed by atoms with Crippen molar-refractivity contribution >= 4 is 11.8 Å². The Morgan fingerprint density at radius 3 is 2.80 bits per heavy atom. The smallest absolute Gasteiger partial charge is 0.0659 e. The topological polar surface area (TPSA) is 38.5 Å². The Kier molecular flexibility index (Phi) is 5.39. The normalized spacial score (nSPS) is 28.6. The van der Waals surface area contributed by atoms with Crippen LogP contribution in [-0.4, -0.2) is 55.3 Å². The van der Waals surface area contributed by atoms with E-state index in [1.807, 2.05) is 11.8 Å². The van der Waals surface area contributed by atoms with Crippen LogP contribution in [0.25, 0.3) is 0 Å². The predicted molar refractivity (Wildman–Crippen MR) is 67.4 cm³/mol. The molecule has 0 aromatic heterocycles. The summed E-state index contributed by atoms with van der Waals surface area (Å²) in [7, 11) is 2.18. The van der Waals surface area contributed by atoms with Crippen LogP contribution in [0.1, 0.15) is 19.8 Å². The Labute approximate surface area is 97.7 Å². The molecule has 90 valence electrons. The van der Waals surface area contributed by atoms with Gasteiger partial charge in [0.2, 0.25) is 0 Å². The maximum Gasteiger partial charge on any atom is 0.0659 e. The van der Waals surface area contributed by atoms with Crippen molar-refractivity contribution < 1.29 is 4.74 Å². The summed E-state index contributed by atoms with van der Waals surface area (Å²) in [5.74, 6) is 1.18. The van der Waals surface area contributed by atoms with Gasteiger partial charge < -0.3 is 15.4 Å². The fraction of sp³-hybridized carbons (Fsp3) is 1.00. The highest BCUT2D eigenvalue weighted by Crippen LogP contribution is 2.19. The van der Waals surface area contributed by atoms with Crippen molar-refractivity contribution in [2.45, 2.75) is 31.3 Å². The SMILES string of the molecule is CCC(CSC)N(C)CC1(N)CCOC1. The lowest BCUT2D eigenvalue weighted by atomic mass is 9.99. The van der Waals surface area contributed by atoms with Gasteiger partial charge in [-0.3, -0.25) is 0 Å². The van der Waals surface area contributed by atoms with E-state index in [0.717, 1.165) is 19.6 Å². The summed E-state index contributed by atoms with van der Waals surface area (Å²) in [6.45, 7) is 4.73. The molecule has 15 heavy (non-hydrogen) atoms. The van der Waals surface area contributed by atoms with E-state index < -0.39 is 0 Å². The highest BCUT2D eigenvalue weighted by Gasteiger charge is 2.32. The van der Waals surface area contributed by atoms with Gasteiger partial charge in [0.15, 0.2) is 0 Å². The van der Waals surface area contributed by atoms with Crippen LogP contribution >= 0.6 is 11.8 Å². The molecule has 0 aromatic carbocycles. The van der Waals surface area contributed by atoms with E-state index in [2.05, 4.69) is 25.1 Å². The zero-order valence-corrected chi connectivity index (χ0v) is 11.0. The second-order valence-corrected chi connectivity index (χ2v) is 5.51. The molecule has 0 saturated carbocycles. The molecule has 0 aromatic rings. The van der Waals surface area contributed by atoms with E-state index in [-0.39, 0.29) is 5.54 Å². The molecule has 0 bridgehead atoms. The maximum atomic E-state index is 6.28. The largest absolute Gasteiger partial charge is 0.379 e. The Morgan fingerprint density at radius 1 is 1.60 bits per heavy atom. The van der Waals surface area contributed by atoms with E-state index >= 15 is 0 Å². The molecule has 1 aliphatic rings. The zero-order valence-electron chi connectivity index (χ0n) is 10.2. The molecule has 1 aliphatic heterocycles. The molecule has 1 fully saturated rings. The highest BCUT2D eigenvalue weighted by atomic mass is 32.2. The van der Waals surface area contributed by atoms with Crippen molar-refractivity contribution in [3.8, 4) is 0 Å². The molecule has 1 heterocycles. The molecular formula is C11H24N2OS. The molecule has 0 aliphatic carbocycles. The van der Waals surface area contributed by atoms with Gasteiger partial charge in [-0.1, -0.05) is 6.92 Å². The number of ether oxygens (including phenoxy) is 1. The molecule has 0 radical (unpaired) electrons. The number of nitrogens with zero attached hydrogens (tertiary/aromatic N) is 1. The van der Waals surface area contributed by atoms with Gasteiger partial charge in [-0.2, -0.15) is 11.8 Å². The van der Waals surface area contributed by atoms with Crippen molar-refractivity contribution in [1.82, 2.24) is 4.90 Å². The van der Waals surface area contributed by atoms with Gasteiger partial charge in [0.25, 0.3) is 0 Å². The fourth-order valence-corrected chi connectivity index (χ4v) is 3.00. The van der Waals surface area contributed by atoms with E-state index in [0.29, 0.717) is 12.6 Å². The lowest BCUT2D eigenvalue weighted by Crippen LogP contribution is -2.52. The van der Waals surface area contributed by atoms with Crippen LogP contribution in [0.15, 0.2) is 0 Å². The second kappa shape index (κ2) is 6.09. The van der Waals surface area contributed by atoms with Crippen LogP contribution < -0.4 is 5.73 Å². The van der Waals surface area contributed by atoms with Gasteiger partial charge in [-0.05, 0) is 26.1 Å². The lowest BCUT2D eigenvalue weighted by molar-refractivity contribution is 0.148. The average molecular weight is 232 g/mol. The second-order valence-electron chi connectivity index (χ2n) is 4.60. The first-order chi connectivity index (χ1) is 7.11. The molecule has 1 saturated heterocycles. The molecule has 1 rings (SSSR count). The molecule has 0 spiro atoms. The molecule has 0 amide bonds. The van der Waals surface area contributed by atoms with Crippen molar-refractivity contribution in [3.63, 3.8) is 0 Å². The quantitative estimate of drug-likeness (QED) is 0.746. The summed E-state index contributed by atoms with van der Waals surface area (Å²) < 4.78 is 5.38. The maximum absolute atomic E-state index is 6.28. The summed E-state index contributed by atoms with van der Waals surface area (Å²) in [4.78, 5) is 2.39. The number of nitrogens with two attached hydrogens (primary N) is 1. The molecular weight excluding hydrogens is 208 g/mol. The van der Waals surface area contributed by atoms with Crippen LogP contribution in [0.4, 0.5) is 0 Å². The summed E-state index contributed by atoms with van der Waals surface area (Å²) >= 11 is 1.91. The van der Waals surface area contributed by atoms with E-state index in [4.69, 9.17) is 10.5 Å². The number of hydrogen-bond donors (Lipinski definition) is 1. The van der Waals surface area contributed by atoms with Gasteiger partial charge in [0, 0.05) is 24.9 Å². The Balaban J connectivity index is 2.41. The first kappa shape index (κ1) is 13.3. The number of thioether (sulfide) groups is 1. The van der Waals surface area contributed by atoms with Crippen LogP contribution in [0.2, 0.25) is 0 Å². The minimum Gasteiger partial charge on any atom is -0.379 e. The fourth-order valence-electron chi connectivity index (χ4n) is 2.12. The number of rotatable bonds is 6. The Bertz CT molecular complexity index is 183. The molecule has 2 unspecified atom stereocenters. The summed E-state index contributed by atoms with van der Waals surface area (Å²) in [5, 5.41) is 0. The van der Waals surface area contributed by atoms with Crippen molar-refractivity contribution in [2.24, 2.45) is 5.73 Å². The summed E-state index contributed by atoms with van der Waals surface area (Å²) in [6, 6.07) is 0.640. The lowest BCUT2D eigenvalue weighted by Gasteiger charge is -2.33. The Morgan fingerprint density at radius 2 is 2.33 bits per heavy atom. The molecule has 2 N–H and O–H groups in total.